The van der Waals surface area contributed by atoms with Crippen LogP contribution in [0.15, 0.2) is 0 Å². The van der Waals surface area contributed by atoms with Crippen LogP contribution < -0.4 is 5.32 Å². The molecule has 0 aliphatic heterocycles. The lowest BCUT2D eigenvalue weighted by Gasteiger charge is -2.22. The minimum absolute atomic E-state index is 0.0433. The molecule has 0 aromatic rings. The second kappa shape index (κ2) is 4.78. The Morgan fingerprint density at radius 3 is 2.00 bits per heavy atom. The van der Waals surface area contributed by atoms with Gasteiger partial charge < -0.3 is 10.1 Å². The third-order valence-corrected chi connectivity index (χ3v) is 1.38. The Morgan fingerprint density at radius 2 is 1.64 bits per heavy atom. The van der Waals surface area contributed by atoms with E-state index in [2.05, 4.69) is 5.32 Å². The van der Waals surface area contributed by atoms with E-state index < -0.39 is 0 Å². The molecular weight excluding hydrogens is 178 g/mol. The van der Waals surface area contributed by atoms with E-state index in [1.54, 1.807) is 0 Å². The van der Waals surface area contributed by atoms with E-state index in [1.807, 2.05) is 41.5 Å². The number of amides is 1. The van der Waals surface area contributed by atoms with E-state index in [4.69, 9.17) is 4.74 Å². The van der Waals surface area contributed by atoms with Crippen LogP contribution in [0, 0.1) is 0 Å². The Hall–Kier alpha value is -0.570. The van der Waals surface area contributed by atoms with Gasteiger partial charge in [0.15, 0.2) is 0 Å². The van der Waals surface area contributed by atoms with Crippen LogP contribution in [0.5, 0.6) is 0 Å². The van der Waals surface area contributed by atoms with Gasteiger partial charge in [0, 0.05) is 12.0 Å². The van der Waals surface area contributed by atoms with Gasteiger partial charge in [-0.3, -0.25) is 4.79 Å². The fourth-order valence-corrected chi connectivity index (χ4v) is 0.931. The molecule has 3 heteroatoms. The highest BCUT2D eigenvalue weighted by Gasteiger charge is 2.15. The third kappa shape index (κ3) is 9.52. The Kier molecular flexibility index (Phi) is 4.59. The van der Waals surface area contributed by atoms with Gasteiger partial charge in [0.05, 0.1) is 12.2 Å². The Morgan fingerprint density at radius 1 is 1.14 bits per heavy atom. The van der Waals surface area contributed by atoms with Crippen molar-refractivity contribution in [2.75, 3.05) is 6.61 Å². The molecule has 0 aromatic carbocycles. The molecule has 1 N–H and O–H groups in total. The standard InChI is InChI=1S/C11H23NO2/c1-10(2,3)12-9(13)7-8-14-11(4,5)6/h7-8H2,1-6H3,(H,12,13). The fourth-order valence-electron chi connectivity index (χ4n) is 0.931. The smallest absolute Gasteiger partial charge is 0.222 e. The SMILES string of the molecule is CC(C)(C)NC(=O)CCOC(C)(C)C. The summed E-state index contributed by atoms with van der Waals surface area (Å²) in [4.78, 5) is 11.4. The highest BCUT2D eigenvalue weighted by atomic mass is 16.5. The van der Waals surface area contributed by atoms with Gasteiger partial charge in [0.25, 0.3) is 0 Å². The van der Waals surface area contributed by atoms with Crippen LogP contribution in [0.3, 0.4) is 0 Å². The van der Waals surface area contributed by atoms with Gasteiger partial charge in [-0.25, -0.2) is 0 Å². The first-order valence-electron chi connectivity index (χ1n) is 5.05. The van der Waals surface area contributed by atoms with Gasteiger partial charge in [-0.1, -0.05) is 0 Å². The third-order valence-electron chi connectivity index (χ3n) is 1.38. The van der Waals surface area contributed by atoms with Crippen molar-refractivity contribution in [1.82, 2.24) is 5.32 Å². The Bertz CT molecular complexity index is 186. The zero-order valence-electron chi connectivity index (χ0n) is 10.2. The van der Waals surface area contributed by atoms with Crippen molar-refractivity contribution in [2.24, 2.45) is 0 Å². The highest BCUT2D eigenvalue weighted by Crippen LogP contribution is 2.07. The van der Waals surface area contributed by atoms with Crippen LogP contribution in [0.1, 0.15) is 48.0 Å². The van der Waals surface area contributed by atoms with E-state index in [9.17, 15) is 4.79 Å². The van der Waals surface area contributed by atoms with Crippen molar-refractivity contribution in [2.45, 2.75) is 59.1 Å². The van der Waals surface area contributed by atoms with Crippen LogP contribution in [0.25, 0.3) is 0 Å². The summed E-state index contributed by atoms with van der Waals surface area (Å²) in [5.74, 6) is 0.0433. The molecule has 0 saturated heterocycles. The van der Waals surface area contributed by atoms with Crippen molar-refractivity contribution < 1.29 is 9.53 Å². The molecular formula is C11H23NO2. The van der Waals surface area contributed by atoms with Crippen LogP contribution in [0.4, 0.5) is 0 Å². The number of carbonyl (C=O) groups excluding carboxylic acids is 1. The summed E-state index contributed by atoms with van der Waals surface area (Å²) < 4.78 is 5.45. The largest absolute Gasteiger partial charge is 0.375 e. The maximum Gasteiger partial charge on any atom is 0.222 e. The lowest BCUT2D eigenvalue weighted by Crippen LogP contribution is -2.41. The normalized spacial score (nSPS) is 12.7. The minimum atomic E-state index is -0.165. The van der Waals surface area contributed by atoms with Gasteiger partial charge in [0.2, 0.25) is 5.91 Å². The van der Waals surface area contributed by atoms with Gasteiger partial charge in [-0.2, -0.15) is 0 Å². The number of nitrogens with one attached hydrogen (secondary N) is 1. The van der Waals surface area contributed by atoms with Gasteiger partial charge >= 0.3 is 0 Å². The molecule has 1 amide bonds. The first-order chi connectivity index (χ1) is 6.10. The summed E-state index contributed by atoms with van der Waals surface area (Å²) in [5, 5.41) is 2.89. The van der Waals surface area contributed by atoms with Crippen molar-refractivity contribution in [3.8, 4) is 0 Å². The molecule has 0 heterocycles. The molecule has 3 nitrogen and oxygen atoms in total. The van der Waals surface area contributed by atoms with Crippen LogP contribution in [-0.4, -0.2) is 23.7 Å². The predicted molar refractivity (Wildman–Crippen MR) is 58.2 cm³/mol. The van der Waals surface area contributed by atoms with Gasteiger partial charge in [-0.05, 0) is 41.5 Å². The minimum Gasteiger partial charge on any atom is -0.375 e. The quantitative estimate of drug-likeness (QED) is 0.759. The molecule has 0 aliphatic rings. The predicted octanol–water partition coefficient (Wildman–Crippen LogP) is 2.11. The molecule has 0 aromatic heterocycles. The Labute approximate surface area is 87.2 Å². The van der Waals surface area contributed by atoms with E-state index in [1.165, 1.54) is 0 Å². The second-order valence-electron chi connectivity index (χ2n) is 5.51. The Balaban J connectivity index is 3.66. The second-order valence-corrected chi connectivity index (χ2v) is 5.51. The molecule has 0 aliphatic carbocycles. The monoisotopic (exact) mass is 201 g/mol. The topological polar surface area (TPSA) is 38.3 Å². The maximum absolute atomic E-state index is 11.4. The van der Waals surface area contributed by atoms with Gasteiger partial charge in [0.1, 0.15) is 0 Å². The number of ether oxygens (including phenoxy) is 1. The highest BCUT2D eigenvalue weighted by molar-refractivity contribution is 5.76. The van der Waals surface area contributed by atoms with E-state index in [-0.39, 0.29) is 17.0 Å². The first kappa shape index (κ1) is 13.4. The van der Waals surface area contributed by atoms with Crippen molar-refractivity contribution in [3.63, 3.8) is 0 Å². The number of hydrogen-bond acceptors (Lipinski definition) is 2. The van der Waals surface area contributed by atoms with Crippen LogP contribution in [-0.2, 0) is 9.53 Å². The van der Waals surface area contributed by atoms with E-state index in [0.29, 0.717) is 13.0 Å². The molecule has 14 heavy (non-hydrogen) atoms. The van der Waals surface area contributed by atoms with Gasteiger partial charge in [-0.15, -0.1) is 0 Å². The molecule has 0 fully saturated rings. The van der Waals surface area contributed by atoms with E-state index >= 15 is 0 Å². The molecule has 0 bridgehead atoms. The average Bonchev–Trinajstić information content (AvgIpc) is 1.78. The lowest BCUT2D eigenvalue weighted by molar-refractivity contribution is -0.124. The van der Waals surface area contributed by atoms with Crippen molar-refractivity contribution in [1.29, 1.82) is 0 Å². The van der Waals surface area contributed by atoms with Crippen molar-refractivity contribution in [3.05, 3.63) is 0 Å². The molecule has 0 unspecified atom stereocenters. The molecule has 0 radical (unpaired) electrons. The summed E-state index contributed by atoms with van der Waals surface area (Å²) in [7, 11) is 0. The summed E-state index contributed by atoms with van der Waals surface area (Å²) >= 11 is 0. The molecule has 0 saturated carbocycles. The van der Waals surface area contributed by atoms with Crippen LogP contribution >= 0.6 is 0 Å². The summed E-state index contributed by atoms with van der Waals surface area (Å²) in [6.07, 6.45) is 0.425. The lowest BCUT2D eigenvalue weighted by atomic mass is 10.1. The first-order valence-corrected chi connectivity index (χ1v) is 5.05. The summed E-state index contributed by atoms with van der Waals surface area (Å²) in [6.45, 7) is 12.3. The summed E-state index contributed by atoms with van der Waals surface area (Å²) in [6, 6.07) is 0. The molecule has 0 rings (SSSR count). The zero-order chi connectivity index (χ0) is 11.4. The number of rotatable bonds is 3. The van der Waals surface area contributed by atoms with E-state index in [0.717, 1.165) is 0 Å². The number of hydrogen-bond donors (Lipinski definition) is 1. The maximum atomic E-state index is 11.4. The average molecular weight is 201 g/mol. The van der Waals surface area contributed by atoms with Crippen molar-refractivity contribution >= 4 is 5.91 Å². The fraction of sp³-hybridized carbons (Fsp3) is 0.909. The number of carbonyl (C=O) groups is 1. The molecule has 0 spiro atoms. The zero-order valence-corrected chi connectivity index (χ0v) is 10.2. The van der Waals surface area contributed by atoms with Crippen LogP contribution in [0.2, 0.25) is 0 Å². The molecule has 0 atom stereocenters. The summed E-state index contributed by atoms with van der Waals surface area (Å²) in [5.41, 5.74) is -0.319. The molecule has 84 valence electrons.